The minimum atomic E-state index is 0.449. The Morgan fingerprint density at radius 2 is 2.00 bits per heavy atom. The van der Waals surface area contributed by atoms with Crippen molar-refractivity contribution in [3.63, 3.8) is 0 Å². The zero-order valence-corrected chi connectivity index (χ0v) is 7.52. The lowest BCUT2D eigenvalue weighted by molar-refractivity contribution is -0.497. The van der Waals surface area contributed by atoms with Gasteiger partial charge in [-0.1, -0.05) is 0 Å². The second-order valence-electron chi connectivity index (χ2n) is 2.40. The average Bonchev–Trinajstić information content (AvgIpc) is 2.15. The zero-order chi connectivity index (χ0) is 9.68. The summed E-state index contributed by atoms with van der Waals surface area (Å²) in [6.45, 7) is 0. The molecule has 0 spiro atoms. The minimum Gasteiger partial charge on any atom is -0.696 e. The van der Waals surface area contributed by atoms with Crippen molar-refractivity contribution in [3.05, 3.63) is 29.5 Å². The summed E-state index contributed by atoms with van der Waals surface area (Å²) >= 11 is 0. The lowest BCUT2D eigenvalue weighted by atomic mass is 10.3. The number of hydrogen-bond donors (Lipinski definition) is 1. The Kier molecular flexibility index (Phi) is 3.08. The van der Waals surface area contributed by atoms with E-state index >= 15 is 0 Å². The van der Waals surface area contributed by atoms with Gasteiger partial charge in [0.05, 0.1) is 12.3 Å². The van der Waals surface area contributed by atoms with Crippen LogP contribution in [-0.4, -0.2) is 19.0 Å². The van der Waals surface area contributed by atoms with Crippen LogP contribution in [0.3, 0.4) is 0 Å². The Balaban J connectivity index is 2.64. The fourth-order valence-corrected chi connectivity index (χ4v) is 0.794. The van der Waals surface area contributed by atoms with Crippen molar-refractivity contribution in [2.75, 3.05) is 19.6 Å². The Labute approximate surface area is 76.2 Å². The topological polar surface area (TPSA) is 59.7 Å². The van der Waals surface area contributed by atoms with E-state index in [1.807, 2.05) is 0 Å². The molecule has 0 heterocycles. The molecule has 0 unspecified atom stereocenters. The van der Waals surface area contributed by atoms with Crippen molar-refractivity contribution < 1.29 is 9.60 Å². The van der Waals surface area contributed by atoms with Crippen LogP contribution in [0.25, 0.3) is 0 Å². The maximum absolute atomic E-state index is 10.4. The number of methoxy groups -OCH3 is 1. The summed E-state index contributed by atoms with van der Waals surface area (Å²) in [7, 11) is 2.90. The van der Waals surface area contributed by atoms with Gasteiger partial charge in [-0.05, 0) is 24.3 Å². The summed E-state index contributed by atoms with van der Waals surface area (Å²) < 4.78 is 4.96. The van der Waals surface area contributed by atoms with E-state index in [2.05, 4.69) is 10.6 Å². The monoisotopic (exact) mass is 181 g/mol. The molecule has 1 aromatic carbocycles. The molecule has 5 heteroatoms. The van der Waals surface area contributed by atoms with Crippen LogP contribution in [0.4, 0.5) is 5.69 Å². The molecule has 0 bridgehead atoms. The summed E-state index contributed by atoms with van der Waals surface area (Å²) in [5.74, 6) is 0.765. The molecule has 13 heavy (non-hydrogen) atoms. The molecule has 70 valence electrons. The van der Waals surface area contributed by atoms with Gasteiger partial charge in [-0.2, -0.15) is 4.86 Å². The first-order valence-corrected chi connectivity index (χ1v) is 3.74. The number of hydroxylamine groups is 1. The number of rotatable bonds is 3. The summed E-state index contributed by atoms with van der Waals surface area (Å²) in [6.07, 6.45) is 0. The molecule has 0 amide bonds. The standard InChI is InChI=1S/C8H11N3O2/c1-11(12)10-9-7-3-5-8(13-2)6-4-7/h3-6,9H,1-2H3/b11-10+. The van der Waals surface area contributed by atoms with Crippen LogP contribution >= 0.6 is 0 Å². The summed E-state index contributed by atoms with van der Waals surface area (Å²) in [6, 6.07) is 7.10. The number of hydrogen-bond acceptors (Lipinski definition) is 3. The highest BCUT2D eigenvalue weighted by molar-refractivity contribution is 5.45. The maximum Gasteiger partial charge on any atom is 0.147 e. The smallest absolute Gasteiger partial charge is 0.147 e. The van der Waals surface area contributed by atoms with Gasteiger partial charge in [-0.25, -0.2) is 0 Å². The summed E-state index contributed by atoms with van der Waals surface area (Å²) in [5.41, 5.74) is 3.32. The molecule has 0 radical (unpaired) electrons. The third-order valence-corrected chi connectivity index (χ3v) is 1.41. The van der Waals surface area contributed by atoms with Gasteiger partial charge in [0.25, 0.3) is 0 Å². The van der Waals surface area contributed by atoms with E-state index in [-0.39, 0.29) is 0 Å². The highest BCUT2D eigenvalue weighted by atomic mass is 16.5. The van der Waals surface area contributed by atoms with Crippen LogP contribution in [0.5, 0.6) is 5.75 Å². The van der Waals surface area contributed by atoms with Crippen molar-refractivity contribution in [1.82, 2.24) is 0 Å². The maximum atomic E-state index is 10.4. The summed E-state index contributed by atoms with van der Waals surface area (Å²) in [5, 5.41) is 13.8. The van der Waals surface area contributed by atoms with Crippen molar-refractivity contribution in [2.24, 2.45) is 5.22 Å². The first-order chi connectivity index (χ1) is 6.22. The molecule has 0 fully saturated rings. The molecule has 1 aromatic rings. The Hall–Kier alpha value is -1.78. The van der Waals surface area contributed by atoms with Gasteiger partial charge in [-0.3, -0.25) is 0 Å². The number of ether oxygens (including phenoxy) is 1. The average molecular weight is 181 g/mol. The van der Waals surface area contributed by atoms with Crippen molar-refractivity contribution >= 4 is 5.69 Å². The van der Waals surface area contributed by atoms with Crippen molar-refractivity contribution in [2.45, 2.75) is 0 Å². The first kappa shape index (κ1) is 9.31. The lowest BCUT2D eigenvalue weighted by Crippen LogP contribution is -1.96. The third kappa shape index (κ3) is 2.98. The Morgan fingerprint density at radius 1 is 1.38 bits per heavy atom. The largest absolute Gasteiger partial charge is 0.696 e. The van der Waals surface area contributed by atoms with E-state index in [1.54, 1.807) is 31.4 Å². The van der Waals surface area contributed by atoms with Gasteiger partial charge in [0, 0.05) is 0 Å². The minimum absolute atomic E-state index is 0.449. The van der Waals surface area contributed by atoms with Crippen LogP contribution < -0.4 is 10.2 Å². The number of nitrogens with one attached hydrogen (secondary N) is 1. The van der Waals surface area contributed by atoms with Crippen molar-refractivity contribution in [3.8, 4) is 5.75 Å². The summed E-state index contributed by atoms with van der Waals surface area (Å²) in [4.78, 5) is 0.449. The van der Waals surface area contributed by atoms with Gasteiger partial charge in [0.15, 0.2) is 0 Å². The lowest BCUT2D eigenvalue weighted by Gasteiger charge is -1.99. The van der Waals surface area contributed by atoms with Crippen LogP contribution in [0.2, 0.25) is 0 Å². The van der Waals surface area contributed by atoms with Gasteiger partial charge < -0.3 is 9.94 Å². The van der Waals surface area contributed by atoms with E-state index < -0.39 is 0 Å². The molecule has 5 nitrogen and oxygen atoms in total. The Bertz CT molecular complexity index is 291. The molecule has 0 aliphatic rings. The molecule has 1 rings (SSSR count). The fraction of sp³-hybridized carbons (Fsp3) is 0.250. The number of benzene rings is 1. The molecular formula is C8H11N3O2. The van der Waals surface area contributed by atoms with Gasteiger partial charge in [0.1, 0.15) is 18.5 Å². The van der Waals surface area contributed by atoms with Crippen LogP contribution in [-0.2, 0) is 0 Å². The molecular weight excluding hydrogens is 170 g/mol. The predicted octanol–water partition coefficient (Wildman–Crippen LogP) is 1.61. The second kappa shape index (κ2) is 4.30. The van der Waals surface area contributed by atoms with Gasteiger partial charge >= 0.3 is 0 Å². The molecule has 0 aromatic heterocycles. The predicted molar refractivity (Wildman–Crippen MR) is 48.6 cm³/mol. The van der Waals surface area contributed by atoms with Gasteiger partial charge in [-0.15, -0.1) is 5.43 Å². The second-order valence-corrected chi connectivity index (χ2v) is 2.40. The quantitative estimate of drug-likeness (QED) is 0.438. The zero-order valence-electron chi connectivity index (χ0n) is 7.52. The van der Waals surface area contributed by atoms with Crippen LogP contribution in [0, 0.1) is 5.21 Å². The van der Waals surface area contributed by atoms with Crippen molar-refractivity contribution in [1.29, 1.82) is 0 Å². The molecule has 1 N–H and O–H groups in total. The van der Waals surface area contributed by atoms with Crippen LogP contribution in [0.15, 0.2) is 29.5 Å². The molecule has 0 aliphatic carbocycles. The molecule has 0 saturated heterocycles. The molecule has 0 atom stereocenters. The number of nitrogens with zero attached hydrogens (tertiary/aromatic N) is 2. The van der Waals surface area contributed by atoms with E-state index in [0.717, 1.165) is 11.4 Å². The van der Waals surface area contributed by atoms with E-state index in [0.29, 0.717) is 4.86 Å². The first-order valence-electron chi connectivity index (χ1n) is 3.74. The van der Waals surface area contributed by atoms with E-state index in [9.17, 15) is 5.21 Å². The van der Waals surface area contributed by atoms with Crippen LogP contribution in [0.1, 0.15) is 0 Å². The highest BCUT2D eigenvalue weighted by Crippen LogP contribution is 2.14. The third-order valence-electron chi connectivity index (χ3n) is 1.41. The molecule has 0 saturated carbocycles. The van der Waals surface area contributed by atoms with E-state index in [4.69, 9.17) is 4.74 Å². The fourth-order valence-electron chi connectivity index (χ4n) is 0.794. The highest BCUT2D eigenvalue weighted by Gasteiger charge is 1.95. The normalized spacial score (nSPS) is 11.1. The Morgan fingerprint density at radius 3 is 2.46 bits per heavy atom. The molecule has 0 aliphatic heterocycles. The SMILES string of the molecule is COc1ccc(N/N=[N+](\C)[O-])cc1. The van der Waals surface area contributed by atoms with E-state index in [1.165, 1.54) is 7.05 Å². The number of anilines is 1. The van der Waals surface area contributed by atoms with Gasteiger partial charge in [0.2, 0.25) is 0 Å².